The molecule has 1 aliphatic rings. The van der Waals surface area contributed by atoms with Gasteiger partial charge in [-0.05, 0) is 42.7 Å². The fourth-order valence-electron chi connectivity index (χ4n) is 4.57. The van der Waals surface area contributed by atoms with Crippen LogP contribution in [0.1, 0.15) is 30.7 Å². The van der Waals surface area contributed by atoms with Gasteiger partial charge in [-0.3, -0.25) is 9.69 Å². The van der Waals surface area contributed by atoms with E-state index in [1.165, 1.54) is 5.56 Å². The molecule has 9 heteroatoms. The Morgan fingerprint density at radius 2 is 1.82 bits per heavy atom. The molecule has 3 aromatic rings. The number of sulfonamides is 1. The van der Waals surface area contributed by atoms with Gasteiger partial charge in [0.25, 0.3) is 5.56 Å². The van der Waals surface area contributed by atoms with Gasteiger partial charge in [-0.25, -0.2) is 8.42 Å². The molecule has 3 heterocycles. The van der Waals surface area contributed by atoms with Crippen LogP contribution in [0, 0.1) is 0 Å². The highest BCUT2D eigenvalue weighted by Crippen LogP contribution is 2.36. The second-order valence-electron chi connectivity index (χ2n) is 8.77. The van der Waals surface area contributed by atoms with Crippen molar-refractivity contribution >= 4 is 31.4 Å². The summed E-state index contributed by atoms with van der Waals surface area (Å²) in [5.41, 5.74) is 3.30. The van der Waals surface area contributed by atoms with Gasteiger partial charge in [0.2, 0.25) is 10.0 Å². The Labute approximate surface area is 205 Å². The summed E-state index contributed by atoms with van der Waals surface area (Å²) < 4.78 is 34.1. The SMILES string of the molecule is CCCc1cc(-c2cn(C)c(=O)c3cc(CN4CCN(S(=O)(=O)CC)CC4)sc23)ccc1OC. The zero-order valence-corrected chi connectivity index (χ0v) is 22.0. The highest BCUT2D eigenvalue weighted by molar-refractivity contribution is 7.89. The number of benzene rings is 1. The predicted molar refractivity (Wildman–Crippen MR) is 139 cm³/mol. The Morgan fingerprint density at radius 1 is 1.09 bits per heavy atom. The summed E-state index contributed by atoms with van der Waals surface area (Å²) in [6.45, 7) is 6.96. The van der Waals surface area contributed by atoms with Crippen LogP contribution in [0.25, 0.3) is 21.2 Å². The first-order valence-electron chi connectivity index (χ1n) is 11.8. The lowest BCUT2D eigenvalue weighted by Gasteiger charge is -2.33. The molecule has 0 unspecified atom stereocenters. The van der Waals surface area contributed by atoms with Crippen LogP contribution >= 0.6 is 11.3 Å². The van der Waals surface area contributed by atoms with Crippen molar-refractivity contribution in [2.45, 2.75) is 33.2 Å². The van der Waals surface area contributed by atoms with Crippen molar-refractivity contribution in [3.05, 3.63) is 51.3 Å². The zero-order valence-electron chi connectivity index (χ0n) is 20.3. The van der Waals surface area contributed by atoms with E-state index in [0.29, 0.717) is 32.7 Å². The summed E-state index contributed by atoms with van der Waals surface area (Å²) >= 11 is 1.66. The number of nitrogens with zero attached hydrogens (tertiary/aromatic N) is 3. The molecule has 0 radical (unpaired) electrons. The molecule has 0 spiro atoms. The van der Waals surface area contributed by atoms with E-state index in [2.05, 4.69) is 24.0 Å². The van der Waals surface area contributed by atoms with Crippen LogP contribution in [0.5, 0.6) is 5.75 Å². The summed E-state index contributed by atoms with van der Waals surface area (Å²) in [7, 11) is 0.353. The minimum atomic E-state index is -3.14. The number of aromatic nitrogens is 1. The molecule has 1 aliphatic heterocycles. The van der Waals surface area contributed by atoms with Crippen molar-refractivity contribution in [1.29, 1.82) is 0 Å². The van der Waals surface area contributed by atoms with Crippen molar-refractivity contribution < 1.29 is 13.2 Å². The van der Waals surface area contributed by atoms with E-state index in [-0.39, 0.29) is 11.3 Å². The number of rotatable bonds is 8. The quantitative estimate of drug-likeness (QED) is 0.469. The zero-order chi connectivity index (χ0) is 24.5. The standard InChI is InChI=1S/C25H33N3O4S2/c1-5-7-19-14-18(8-9-23(19)32-4)22-17-26(3)25(29)21-15-20(33-24(21)22)16-27-10-12-28(13-11-27)34(30,31)6-2/h8-9,14-15,17H,5-7,10-13,16H2,1-4H3. The van der Waals surface area contributed by atoms with E-state index in [1.807, 2.05) is 18.3 Å². The molecule has 0 amide bonds. The number of ether oxygens (including phenoxy) is 1. The molecule has 7 nitrogen and oxygen atoms in total. The minimum absolute atomic E-state index is 0.00222. The van der Waals surface area contributed by atoms with Gasteiger partial charge in [0, 0.05) is 61.1 Å². The van der Waals surface area contributed by atoms with Crippen molar-refractivity contribution in [3.63, 3.8) is 0 Å². The van der Waals surface area contributed by atoms with E-state index in [1.54, 1.807) is 41.3 Å². The van der Waals surface area contributed by atoms with Crippen molar-refractivity contribution in [2.24, 2.45) is 7.05 Å². The lowest BCUT2D eigenvalue weighted by Crippen LogP contribution is -2.48. The normalized spacial score (nSPS) is 15.8. The summed E-state index contributed by atoms with van der Waals surface area (Å²) in [5.74, 6) is 1.03. The molecule has 0 aliphatic carbocycles. The number of methoxy groups -OCH3 is 1. The van der Waals surface area contributed by atoms with E-state index in [9.17, 15) is 13.2 Å². The largest absolute Gasteiger partial charge is 0.496 e. The number of hydrogen-bond donors (Lipinski definition) is 0. The monoisotopic (exact) mass is 503 g/mol. The highest BCUT2D eigenvalue weighted by atomic mass is 32.2. The fourth-order valence-corrected chi connectivity index (χ4v) is 6.87. The first-order valence-corrected chi connectivity index (χ1v) is 14.2. The molecule has 0 N–H and O–H groups in total. The average molecular weight is 504 g/mol. The van der Waals surface area contributed by atoms with Crippen molar-refractivity contribution in [3.8, 4) is 16.9 Å². The number of thiophene rings is 1. The Balaban J connectivity index is 1.65. The van der Waals surface area contributed by atoms with E-state index >= 15 is 0 Å². The second kappa shape index (κ2) is 10.2. The van der Waals surface area contributed by atoms with Gasteiger partial charge >= 0.3 is 0 Å². The molecule has 1 saturated heterocycles. The molecule has 2 aromatic heterocycles. The van der Waals surface area contributed by atoms with Crippen LogP contribution in [0.3, 0.4) is 0 Å². The first kappa shape index (κ1) is 24.9. The Hall–Kier alpha value is -2.20. The van der Waals surface area contributed by atoms with Crippen LogP contribution in [0.4, 0.5) is 0 Å². The molecule has 0 atom stereocenters. The predicted octanol–water partition coefficient (Wildman–Crippen LogP) is 3.70. The summed E-state index contributed by atoms with van der Waals surface area (Å²) in [6, 6.07) is 8.26. The van der Waals surface area contributed by atoms with Gasteiger partial charge in [0.1, 0.15) is 5.75 Å². The van der Waals surface area contributed by atoms with Gasteiger partial charge in [-0.15, -0.1) is 11.3 Å². The maximum absolute atomic E-state index is 12.9. The van der Waals surface area contributed by atoms with Gasteiger partial charge in [-0.2, -0.15) is 4.31 Å². The maximum Gasteiger partial charge on any atom is 0.259 e. The second-order valence-corrected chi connectivity index (χ2v) is 12.2. The first-order chi connectivity index (χ1) is 16.3. The third-order valence-electron chi connectivity index (χ3n) is 6.48. The molecular formula is C25H33N3O4S2. The third-order valence-corrected chi connectivity index (χ3v) is 9.52. The Kier molecular flexibility index (Phi) is 7.47. The van der Waals surface area contributed by atoms with Gasteiger partial charge in [-0.1, -0.05) is 19.4 Å². The lowest BCUT2D eigenvalue weighted by molar-refractivity contribution is 0.183. The number of fused-ring (bicyclic) bond motifs is 1. The van der Waals surface area contributed by atoms with Gasteiger partial charge < -0.3 is 9.30 Å². The minimum Gasteiger partial charge on any atom is -0.496 e. The topological polar surface area (TPSA) is 71.9 Å². The molecular weight excluding hydrogens is 470 g/mol. The van der Waals surface area contributed by atoms with Crippen LogP contribution in [-0.2, 0) is 30.0 Å². The highest BCUT2D eigenvalue weighted by Gasteiger charge is 2.26. The third kappa shape index (κ3) is 4.93. The van der Waals surface area contributed by atoms with E-state index in [0.717, 1.165) is 44.7 Å². The molecule has 34 heavy (non-hydrogen) atoms. The van der Waals surface area contributed by atoms with E-state index < -0.39 is 10.0 Å². The van der Waals surface area contributed by atoms with Gasteiger partial charge in [0.15, 0.2) is 0 Å². The Bertz CT molecular complexity index is 1340. The summed E-state index contributed by atoms with van der Waals surface area (Å²) in [6.07, 6.45) is 3.89. The Morgan fingerprint density at radius 3 is 2.47 bits per heavy atom. The van der Waals surface area contributed by atoms with E-state index in [4.69, 9.17) is 4.74 Å². The smallest absolute Gasteiger partial charge is 0.259 e. The van der Waals surface area contributed by atoms with Crippen LogP contribution in [0.15, 0.2) is 35.3 Å². The average Bonchev–Trinajstić information content (AvgIpc) is 3.26. The number of hydrogen-bond acceptors (Lipinski definition) is 6. The summed E-state index contributed by atoms with van der Waals surface area (Å²) in [4.78, 5) is 16.3. The number of piperazine rings is 1. The van der Waals surface area contributed by atoms with Crippen LogP contribution < -0.4 is 10.3 Å². The lowest BCUT2D eigenvalue weighted by atomic mass is 10.0. The molecule has 0 saturated carbocycles. The maximum atomic E-state index is 12.9. The van der Waals surface area contributed by atoms with Crippen molar-refractivity contribution in [1.82, 2.24) is 13.8 Å². The molecule has 1 aromatic carbocycles. The van der Waals surface area contributed by atoms with Gasteiger partial charge in [0.05, 0.1) is 18.2 Å². The van der Waals surface area contributed by atoms with Crippen LogP contribution in [-0.4, -0.2) is 61.2 Å². The number of aryl methyl sites for hydroxylation is 2. The molecule has 4 rings (SSSR count). The molecule has 0 bridgehead atoms. The molecule has 1 fully saturated rings. The van der Waals surface area contributed by atoms with Crippen molar-refractivity contribution in [2.75, 3.05) is 39.0 Å². The molecule has 184 valence electrons. The van der Waals surface area contributed by atoms with Crippen LogP contribution in [0.2, 0.25) is 0 Å². The fraction of sp³-hybridized carbons (Fsp3) is 0.480. The number of pyridine rings is 1. The summed E-state index contributed by atoms with van der Waals surface area (Å²) in [5, 5.41) is 0.736.